The topological polar surface area (TPSA) is 75.8 Å². The van der Waals surface area contributed by atoms with Crippen molar-refractivity contribution in [1.29, 1.82) is 0 Å². The van der Waals surface area contributed by atoms with Gasteiger partial charge in [-0.25, -0.2) is 4.79 Å². The normalized spacial score (nSPS) is 12.2. The smallest absolute Gasteiger partial charge is 0.316 e. The first-order valence-corrected chi connectivity index (χ1v) is 3.02. The Labute approximate surface area is 59.2 Å². The van der Waals surface area contributed by atoms with E-state index in [1.165, 1.54) is 11.8 Å². The molecule has 58 valence electrons. The Morgan fingerprint density at radius 2 is 2.30 bits per heavy atom. The molecule has 0 aliphatic rings. The highest BCUT2D eigenvalue weighted by Crippen LogP contribution is 1.97. The number of rotatable bonds is 3. The number of urea groups is 1. The third-order valence-corrected chi connectivity index (χ3v) is 1.23. The van der Waals surface area contributed by atoms with Crippen LogP contribution in [0.1, 0.15) is 13.8 Å². The third kappa shape index (κ3) is 2.00. The number of hydrogen-bond donors (Lipinski definition) is 1. The van der Waals surface area contributed by atoms with Crippen molar-refractivity contribution in [3.8, 4) is 0 Å². The number of nitroso groups, excluding NO2 is 1. The molecular weight excluding hydrogens is 134 g/mol. The standard InChI is InChI=1S/C5H11N3O2/c1-3-8(5(6)9)4(2)7-10/h4H,3H2,1-2H3,(H2,6,9). The van der Waals surface area contributed by atoms with E-state index in [9.17, 15) is 9.70 Å². The lowest BCUT2D eigenvalue weighted by Crippen LogP contribution is -2.40. The third-order valence-electron chi connectivity index (χ3n) is 1.23. The van der Waals surface area contributed by atoms with Gasteiger partial charge < -0.3 is 5.73 Å². The van der Waals surface area contributed by atoms with Crippen molar-refractivity contribution in [2.24, 2.45) is 10.9 Å². The van der Waals surface area contributed by atoms with Gasteiger partial charge in [0.15, 0.2) is 6.17 Å². The first-order chi connectivity index (χ1) is 4.63. The van der Waals surface area contributed by atoms with E-state index in [1.807, 2.05) is 0 Å². The van der Waals surface area contributed by atoms with Crippen LogP contribution in [0.3, 0.4) is 0 Å². The molecule has 0 saturated carbocycles. The Balaban J connectivity index is 4.05. The predicted molar refractivity (Wildman–Crippen MR) is 37.2 cm³/mol. The average molecular weight is 145 g/mol. The Bertz CT molecular complexity index is 137. The molecule has 0 bridgehead atoms. The molecule has 0 spiro atoms. The van der Waals surface area contributed by atoms with Gasteiger partial charge in [-0.05, 0) is 19.0 Å². The maximum Gasteiger partial charge on any atom is 0.316 e. The quantitative estimate of drug-likeness (QED) is 0.587. The zero-order valence-corrected chi connectivity index (χ0v) is 6.07. The van der Waals surface area contributed by atoms with Crippen LogP contribution in [0.2, 0.25) is 0 Å². The molecule has 1 unspecified atom stereocenters. The van der Waals surface area contributed by atoms with Crippen LogP contribution < -0.4 is 5.73 Å². The number of amides is 2. The lowest BCUT2D eigenvalue weighted by atomic mass is 10.5. The number of nitrogens with two attached hydrogens (primary N) is 1. The Morgan fingerprint density at radius 3 is 2.40 bits per heavy atom. The highest BCUT2D eigenvalue weighted by molar-refractivity contribution is 5.72. The van der Waals surface area contributed by atoms with Crippen molar-refractivity contribution in [3.63, 3.8) is 0 Å². The van der Waals surface area contributed by atoms with Gasteiger partial charge in [0, 0.05) is 6.54 Å². The molecule has 0 aliphatic carbocycles. The zero-order chi connectivity index (χ0) is 8.15. The van der Waals surface area contributed by atoms with Crippen LogP contribution >= 0.6 is 0 Å². The number of primary amides is 1. The van der Waals surface area contributed by atoms with E-state index >= 15 is 0 Å². The fourth-order valence-corrected chi connectivity index (χ4v) is 0.661. The fourth-order valence-electron chi connectivity index (χ4n) is 0.661. The van der Waals surface area contributed by atoms with Gasteiger partial charge in [-0.2, -0.15) is 0 Å². The van der Waals surface area contributed by atoms with Gasteiger partial charge in [-0.3, -0.25) is 4.90 Å². The molecule has 1 atom stereocenters. The summed E-state index contributed by atoms with van der Waals surface area (Å²) in [6.45, 7) is 3.65. The number of hydrogen-bond acceptors (Lipinski definition) is 3. The van der Waals surface area contributed by atoms with Crippen molar-refractivity contribution in [2.75, 3.05) is 6.54 Å². The molecule has 5 nitrogen and oxygen atoms in total. The minimum atomic E-state index is -0.664. The molecule has 2 N–H and O–H groups in total. The molecule has 0 aliphatic heterocycles. The minimum absolute atomic E-state index is 0.405. The molecular formula is C5H11N3O2. The van der Waals surface area contributed by atoms with Crippen LogP contribution in [-0.4, -0.2) is 23.6 Å². The van der Waals surface area contributed by atoms with Gasteiger partial charge in [0.2, 0.25) is 0 Å². The van der Waals surface area contributed by atoms with Crippen LogP contribution in [0.5, 0.6) is 0 Å². The molecule has 0 radical (unpaired) electrons. The van der Waals surface area contributed by atoms with E-state index < -0.39 is 12.2 Å². The number of carbonyl (C=O) groups excluding carboxylic acids is 1. The fraction of sp³-hybridized carbons (Fsp3) is 0.800. The molecule has 2 amide bonds. The Hall–Kier alpha value is -1.13. The SMILES string of the molecule is CCN(C(N)=O)C(C)N=O. The van der Waals surface area contributed by atoms with Crippen molar-refractivity contribution in [3.05, 3.63) is 4.91 Å². The summed E-state index contributed by atoms with van der Waals surface area (Å²) in [4.78, 5) is 21.6. The zero-order valence-electron chi connectivity index (χ0n) is 6.07. The van der Waals surface area contributed by atoms with Crippen molar-refractivity contribution in [1.82, 2.24) is 4.90 Å². The molecule has 0 heterocycles. The molecule has 0 aromatic carbocycles. The summed E-state index contributed by atoms with van der Waals surface area (Å²) in [5.41, 5.74) is 4.91. The van der Waals surface area contributed by atoms with Crippen LogP contribution in [0.25, 0.3) is 0 Å². The number of carbonyl (C=O) groups is 1. The summed E-state index contributed by atoms with van der Waals surface area (Å²) in [5, 5.41) is 2.66. The summed E-state index contributed by atoms with van der Waals surface area (Å²) in [6.07, 6.45) is -0.664. The van der Waals surface area contributed by atoms with Gasteiger partial charge in [0.05, 0.1) is 0 Å². The van der Waals surface area contributed by atoms with Crippen LogP contribution in [-0.2, 0) is 0 Å². The second-order valence-corrected chi connectivity index (χ2v) is 1.86. The second kappa shape index (κ2) is 3.81. The van der Waals surface area contributed by atoms with Crippen LogP contribution in [0, 0.1) is 4.91 Å². The van der Waals surface area contributed by atoms with E-state index in [0.29, 0.717) is 6.54 Å². The molecule has 0 saturated heterocycles. The average Bonchev–Trinajstić information content (AvgIpc) is 1.88. The van der Waals surface area contributed by atoms with Crippen molar-refractivity contribution in [2.45, 2.75) is 20.0 Å². The first-order valence-electron chi connectivity index (χ1n) is 3.02. The van der Waals surface area contributed by atoms with Gasteiger partial charge in [0.25, 0.3) is 0 Å². The summed E-state index contributed by atoms with van der Waals surface area (Å²) in [5.74, 6) is 0. The van der Waals surface area contributed by atoms with Gasteiger partial charge in [-0.15, -0.1) is 4.91 Å². The molecule has 0 rings (SSSR count). The highest BCUT2D eigenvalue weighted by atomic mass is 16.3. The highest BCUT2D eigenvalue weighted by Gasteiger charge is 2.14. The number of nitrogens with zero attached hydrogens (tertiary/aromatic N) is 2. The summed E-state index contributed by atoms with van der Waals surface area (Å²) in [7, 11) is 0. The molecule has 5 heteroatoms. The monoisotopic (exact) mass is 145 g/mol. The molecule has 0 fully saturated rings. The largest absolute Gasteiger partial charge is 0.351 e. The van der Waals surface area contributed by atoms with E-state index in [1.54, 1.807) is 6.92 Å². The summed E-state index contributed by atoms with van der Waals surface area (Å²) >= 11 is 0. The lowest BCUT2D eigenvalue weighted by molar-refractivity contribution is 0.194. The van der Waals surface area contributed by atoms with E-state index in [4.69, 9.17) is 5.73 Å². The van der Waals surface area contributed by atoms with Gasteiger partial charge >= 0.3 is 6.03 Å². The maximum absolute atomic E-state index is 10.5. The minimum Gasteiger partial charge on any atom is -0.351 e. The van der Waals surface area contributed by atoms with Crippen molar-refractivity contribution < 1.29 is 4.79 Å². The van der Waals surface area contributed by atoms with E-state index in [-0.39, 0.29) is 0 Å². The predicted octanol–water partition coefficient (Wildman–Crippen LogP) is 0.499. The second-order valence-electron chi connectivity index (χ2n) is 1.86. The van der Waals surface area contributed by atoms with Gasteiger partial charge in [-0.1, -0.05) is 0 Å². The maximum atomic E-state index is 10.5. The van der Waals surface area contributed by atoms with Gasteiger partial charge in [0.1, 0.15) is 0 Å². The van der Waals surface area contributed by atoms with E-state index in [0.717, 1.165) is 0 Å². The van der Waals surface area contributed by atoms with E-state index in [2.05, 4.69) is 5.18 Å². The first kappa shape index (κ1) is 8.87. The Kier molecular flexibility index (Phi) is 3.38. The molecule has 0 aromatic rings. The lowest BCUT2D eigenvalue weighted by Gasteiger charge is -2.19. The molecule has 10 heavy (non-hydrogen) atoms. The molecule has 0 aromatic heterocycles. The van der Waals surface area contributed by atoms with Crippen LogP contribution in [0.15, 0.2) is 5.18 Å². The Morgan fingerprint density at radius 1 is 1.80 bits per heavy atom. The summed E-state index contributed by atoms with van der Waals surface area (Å²) in [6, 6.07) is -0.616. The summed E-state index contributed by atoms with van der Waals surface area (Å²) < 4.78 is 0. The van der Waals surface area contributed by atoms with Crippen LogP contribution in [0.4, 0.5) is 4.79 Å². The van der Waals surface area contributed by atoms with Crippen molar-refractivity contribution >= 4 is 6.03 Å².